The number of rotatable bonds is 3. The number of anilines is 1. The van der Waals surface area contributed by atoms with Gasteiger partial charge >= 0.3 is 0 Å². The van der Waals surface area contributed by atoms with Crippen LogP contribution in [0.5, 0.6) is 0 Å². The Balaban J connectivity index is 2.06. The van der Waals surface area contributed by atoms with Crippen LogP contribution in [-0.4, -0.2) is 15.9 Å². The molecule has 0 aromatic carbocycles. The van der Waals surface area contributed by atoms with Crippen molar-refractivity contribution in [3.63, 3.8) is 0 Å². The Bertz CT molecular complexity index is 446. The van der Waals surface area contributed by atoms with Gasteiger partial charge in [0, 0.05) is 6.04 Å². The van der Waals surface area contributed by atoms with Gasteiger partial charge < -0.3 is 5.32 Å². The highest BCUT2D eigenvalue weighted by Crippen LogP contribution is 2.24. The molecule has 0 saturated heterocycles. The van der Waals surface area contributed by atoms with E-state index in [9.17, 15) is 10.1 Å². The summed E-state index contributed by atoms with van der Waals surface area (Å²) in [4.78, 5) is 14.5. The molecule has 5 nitrogen and oxygen atoms in total. The van der Waals surface area contributed by atoms with E-state index in [1.807, 2.05) is 0 Å². The van der Waals surface area contributed by atoms with E-state index in [4.69, 9.17) is 11.6 Å². The second kappa shape index (κ2) is 6.70. The van der Waals surface area contributed by atoms with E-state index in [0.717, 1.165) is 12.8 Å². The minimum absolute atomic E-state index is 0.0201. The Labute approximate surface area is 117 Å². The van der Waals surface area contributed by atoms with Crippen molar-refractivity contribution in [1.82, 2.24) is 4.98 Å². The molecule has 1 saturated carbocycles. The highest BCUT2D eigenvalue weighted by Gasteiger charge is 2.15. The van der Waals surface area contributed by atoms with Crippen LogP contribution in [-0.2, 0) is 0 Å². The van der Waals surface area contributed by atoms with E-state index >= 15 is 0 Å². The molecule has 6 heteroatoms. The molecule has 0 radical (unpaired) electrons. The Morgan fingerprint density at radius 1 is 1.21 bits per heavy atom. The Kier molecular flexibility index (Phi) is 4.96. The molecule has 19 heavy (non-hydrogen) atoms. The molecule has 0 spiro atoms. The molecule has 1 fully saturated rings. The number of nitrogens with zero attached hydrogens (tertiary/aromatic N) is 2. The van der Waals surface area contributed by atoms with Gasteiger partial charge in [0.1, 0.15) is 11.0 Å². The molecule has 1 heterocycles. The maximum atomic E-state index is 10.8. The largest absolute Gasteiger partial charge is 0.367 e. The predicted octanol–water partition coefficient (Wildman–Crippen LogP) is 4.17. The average Bonchev–Trinajstić information content (AvgIpc) is 2.31. The first kappa shape index (κ1) is 14.1. The van der Waals surface area contributed by atoms with Crippen molar-refractivity contribution in [2.75, 3.05) is 5.32 Å². The first-order valence-corrected chi connectivity index (χ1v) is 7.11. The van der Waals surface area contributed by atoms with E-state index in [1.54, 1.807) is 0 Å². The maximum absolute atomic E-state index is 10.8. The number of nitrogens with one attached hydrogen (secondary N) is 1. The first-order valence-electron chi connectivity index (χ1n) is 6.73. The molecule has 1 aliphatic carbocycles. The number of aromatic nitrogens is 1. The molecule has 0 unspecified atom stereocenters. The molecule has 1 N–H and O–H groups in total. The van der Waals surface area contributed by atoms with Crippen LogP contribution in [0, 0.1) is 10.1 Å². The SMILES string of the molecule is O=[N+]([O-])c1cc(Cl)nc(NC2CCCCCCC2)c1. The van der Waals surface area contributed by atoms with Gasteiger partial charge in [-0.15, -0.1) is 0 Å². The lowest BCUT2D eigenvalue weighted by Crippen LogP contribution is -2.21. The van der Waals surface area contributed by atoms with E-state index < -0.39 is 4.92 Å². The van der Waals surface area contributed by atoms with Crippen molar-refractivity contribution in [2.45, 2.75) is 51.0 Å². The van der Waals surface area contributed by atoms with Crippen LogP contribution in [0.3, 0.4) is 0 Å². The monoisotopic (exact) mass is 283 g/mol. The van der Waals surface area contributed by atoms with E-state index in [1.165, 1.54) is 44.2 Å². The van der Waals surface area contributed by atoms with Crippen molar-refractivity contribution in [1.29, 1.82) is 0 Å². The fourth-order valence-electron chi connectivity index (χ4n) is 2.47. The van der Waals surface area contributed by atoms with Crippen molar-refractivity contribution < 1.29 is 4.92 Å². The number of hydrogen-bond donors (Lipinski definition) is 1. The zero-order valence-corrected chi connectivity index (χ0v) is 11.5. The summed E-state index contributed by atoms with van der Waals surface area (Å²) < 4.78 is 0. The molecule has 0 aliphatic heterocycles. The lowest BCUT2D eigenvalue weighted by atomic mass is 9.97. The van der Waals surface area contributed by atoms with Crippen molar-refractivity contribution in [3.8, 4) is 0 Å². The summed E-state index contributed by atoms with van der Waals surface area (Å²) >= 11 is 5.81. The van der Waals surface area contributed by atoms with Crippen LogP contribution in [0.25, 0.3) is 0 Å². The lowest BCUT2D eigenvalue weighted by Gasteiger charge is -2.21. The minimum Gasteiger partial charge on any atom is -0.367 e. The van der Waals surface area contributed by atoms with Crippen LogP contribution in [0.1, 0.15) is 44.9 Å². The molecule has 1 aromatic rings. The fraction of sp³-hybridized carbons (Fsp3) is 0.615. The fourth-order valence-corrected chi connectivity index (χ4v) is 2.68. The van der Waals surface area contributed by atoms with Gasteiger partial charge in [0.05, 0.1) is 17.1 Å². The lowest BCUT2D eigenvalue weighted by molar-refractivity contribution is -0.384. The smallest absolute Gasteiger partial charge is 0.276 e. The van der Waals surface area contributed by atoms with Gasteiger partial charge in [-0.25, -0.2) is 4.98 Å². The standard InChI is InChI=1S/C13H18ClN3O2/c14-12-8-11(17(18)19)9-13(16-12)15-10-6-4-2-1-3-5-7-10/h8-10H,1-7H2,(H,15,16). The molecular formula is C13H18ClN3O2. The summed E-state index contributed by atoms with van der Waals surface area (Å²) in [6.07, 6.45) is 8.40. The zero-order chi connectivity index (χ0) is 13.7. The van der Waals surface area contributed by atoms with Crippen molar-refractivity contribution >= 4 is 23.1 Å². The van der Waals surface area contributed by atoms with Gasteiger partial charge in [-0.3, -0.25) is 10.1 Å². The summed E-state index contributed by atoms with van der Waals surface area (Å²) in [5.74, 6) is 0.504. The zero-order valence-electron chi connectivity index (χ0n) is 10.8. The van der Waals surface area contributed by atoms with Crippen LogP contribution >= 0.6 is 11.6 Å². The molecule has 2 rings (SSSR count). The van der Waals surface area contributed by atoms with Crippen molar-refractivity contribution in [2.24, 2.45) is 0 Å². The number of halogens is 1. The van der Waals surface area contributed by atoms with Gasteiger partial charge in [-0.1, -0.05) is 43.7 Å². The average molecular weight is 284 g/mol. The normalized spacial score (nSPS) is 17.5. The van der Waals surface area contributed by atoms with Gasteiger partial charge in [0.15, 0.2) is 0 Å². The van der Waals surface area contributed by atoms with Crippen LogP contribution in [0.4, 0.5) is 11.5 Å². The van der Waals surface area contributed by atoms with Gasteiger partial charge in [0.2, 0.25) is 0 Å². The van der Waals surface area contributed by atoms with Crippen LogP contribution in [0.2, 0.25) is 5.15 Å². The number of pyridine rings is 1. The molecular weight excluding hydrogens is 266 g/mol. The Hall–Kier alpha value is -1.36. The van der Waals surface area contributed by atoms with Crippen molar-refractivity contribution in [3.05, 3.63) is 27.4 Å². The molecule has 104 valence electrons. The quantitative estimate of drug-likeness (QED) is 0.513. The van der Waals surface area contributed by atoms with E-state index in [2.05, 4.69) is 10.3 Å². The van der Waals surface area contributed by atoms with Crippen LogP contribution < -0.4 is 5.32 Å². The predicted molar refractivity (Wildman–Crippen MR) is 75.6 cm³/mol. The Morgan fingerprint density at radius 3 is 2.47 bits per heavy atom. The molecule has 0 amide bonds. The topological polar surface area (TPSA) is 68.1 Å². The second-order valence-corrected chi connectivity index (χ2v) is 5.36. The number of nitro groups is 1. The summed E-state index contributed by atoms with van der Waals surface area (Å²) in [5, 5.41) is 14.2. The summed E-state index contributed by atoms with van der Waals surface area (Å²) in [5.41, 5.74) is -0.0201. The molecule has 1 aliphatic rings. The van der Waals surface area contributed by atoms with Gasteiger partial charge in [-0.2, -0.15) is 0 Å². The second-order valence-electron chi connectivity index (χ2n) is 4.98. The van der Waals surface area contributed by atoms with Gasteiger partial charge in [-0.05, 0) is 12.8 Å². The summed E-state index contributed by atoms with van der Waals surface area (Å²) in [7, 11) is 0. The van der Waals surface area contributed by atoms with Gasteiger partial charge in [0.25, 0.3) is 5.69 Å². The summed E-state index contributed by atoms with van der Waals surface area (Å²) in [6, 6.07) is 3.06. The molecule has 0 bridgehead atoms. The Morgan fingerprint density at radius 2 is 1.84 bits per heavy atom. The maximum Gasteiger partial charge on any atom is 0.276 e. The number of hydrogen-bond acceptors (Lipinski definition) is 4. The third-order valence-electron chi connectivity index (χ3n) is 3.45. The summed E-state index contributed by atoms with van der Waals surface area (Å²) in [6.45, 7) is 0. The van der Waals surface area contributed by atoms with Crippen LogP contribution in [0.15, 0.2) is 12.1 Å². The third kappa shape index (κ3) is 4.35. The first-order chi connectivity index (χ1) is 9.15. The highest BCUT2D eigenvalue weighted by molar-refractivity contribution is 6.29. The molecule has 0 atom stereocenters. The third-order valence-corrected chi connectivity index (χ3v) is 3.64. The van der Waals surface area contributed by atoms with E-state index in [-0.39, 0.29) is 10.8 Å². The van der Waals surface area contributed by atoms with E-state index in [0.29, 0.717) is 11.9 Å². The molecule has 1 aromatic heterocycles. The highest BCUT2D eigenvalue weighted by atomic mass is 35.5. The minimum atomic E-state index is -0.448.